The van der Waals surface area contributed by atoms with Crippen LogP contribution in [0.15, 0.2) is 27.5 Å². The Morgan fingerprint density at radius 2 is 2.35 bits per heavy atom. The van der Waals surface area contributed by atoms with Gasteiger partial charge in [0.05, 0.1) is 0 Å². The van der Waals surface area contributed by atoms with Crippen LogP contribution in [0.3, 0.4) is 0 Å². The fourth-order valence-electron chi connectivity index (χ4n) is 1.65. The standard InChI is InChI=1S/C9H8ClN5O3S2/c10-7-8(15-3-4-19-9(15)14-7)20(16,17)13-2-1-6-11-5-12-18-6/h3-5,13H,1-2H2. The summed E-state index contributed by atoms with van der Waals surface area (Å²) in [5, 5.41) is 5.05. The van der Waals surface area contributed by atoms with Gasteiger partial charge in [0.25, 0.3) is 10.0 Å². The first-order valence-electron chi connectivity index (χ1n) is 5.44. The third kappa shape index (κ3) is 2.42. The smallest absolute Gasteiger partial charge is 0.259 e. The highest BCUT2D eigenvalue weighted by atomic mass is 35.5. The molecule has 0 aliphatic heterocycles. The van der Waals surface area contributed by atoms with E-state index in [9.17, 15) is 8.42 Å². The maximum absolute atomic E-state index is 12.2. The fourth-order valence-corrected chi connectivity index (χ4v) is 4.12. The van der Waals surface area contributed by atoms with E-state index in [-0.39, 0.29) is 16.7 Å². The first-order chi connectivity index (χ1) is 9.58. The van der Waals surface area contributed by atoms with Gasteiger partial charge in [-0.25, -0.2) is 18.1 Å². The van der Waals surface area contributed by atoms with E-state index in [4.69, 9.17) is 16.1 Å². The lowest BCUT2D eigenvalue weighted by atomic mass is 10.4. The molecule has 3 heterocycles. The number of thiazole rings is 1. The summed E-state index contributed by atoms with van der Waals surface area (Å²) in [5.74, 6) is 0.354. The molecule has 1 N–H and O–H groups in total. The zero-order chi connectivity index (χ0) is 14.2. The van der Waals surface area contributed by atoms with Gasteiger partial charge in [0.15, 0.2) is 21.5 Å². The molecule has 0 fully saturated rings. The molecule has 3 aromatic rings. The number of aromatic nitrogens is 4. The summed E-state index contributed by atoms with van der Waals surface area (Å²) in [5.41, 5.74) is 0. The van der Waals surface area contributed by atoms with E-state index >= 15 is 0 Å². The molecule has 106 valence electrons. The van der Waals surface area contributed by atoms with Gasteiger partial charge in [-0.1, -0.05) is 16.8 Å². The number of hydrogen-bond acceptors (Lipinski definition) is 7. The predicted octanol–water partition coefficient (Wildman–Crippen LogP) is 0.953. The number of nitrogens with one attached hydrogen (secondary N) is 1. The van der Waals surface area contributed by atoms with E-state index in [0.29, 0.717) is 17.3 Å². The van der Waals surface area contributed by atoms with Gasteiger partial charge in [-0.15, -0.1) is 11.3 Å². The summed E-state index contributed by atoms with van der Waals surface area (Å²) in [7, 11) is -3.76. The van der Waals surface area contributed by atoms with Gasteiger partial charge in [-0.2, -0.15) is 4.98 Å². The predicted molar refractivity (Wildman–Crippen MR) is 71.3 cm³/mol. The first-order valence-corrected chi connectivity index (χ1v) is 8.18. The van der Waals surface area contributed by atoms with E-state index in [2.05, 4.69) is 19.8 Å². The molecule has 0 bridgehead atoms. The molecule has 0 amide bonds. The van der Waals surface area contributed by atoms with Crippen molar-refractivity contribution in [1.82, 2.24) is 24.2 Å². The highest BCUT2D eigenvalue weighted by Gasteiger charge is 2.24. The number of rotatable bonds is 5. The molecular formula is C9H8ClN5O3S2. The van der Waals surface area contributed by atoms with Crippen molar-refractivity contribution in [1.29, 1.82) is 0 Å². The Morgan fingerprint density at radius 3 is 3.10 bits per heavy atom. The van der Waals surface area contributed by atoms with Crippen molar-refractivity contribution in [2.45, 2.75) is 11.4 Å². The Morgan fingerprint density at radius 1 is 1.50 bits per heavy atom. The summed E-state index contributed by atoms with van der Waals surface area (Å²) in [4.78, 5) is 8.31. The zero-order valence-corrected chi connectivity index (χ0v) is 12.2. The molecule has 0 aromatic carbocycles. The van der Waals surface area contributed by atoms with Crippen molar-refractivity contribution < 1.29 is 12.9 Å². The minimum atomic E-state index is -3.76. The normalized spacial score (nSPS) is 12.2. The van der Waals surface area contributed by atoms with Gasteiger partial charge in [-0.05, 0) is 0 Å². The maximum Gasteiger partial charge on any atom is 0.259 e. The summed E-state index contributed by atoms with van der Waals surface area (Å²) in [6, 6.07) is 0. The monoisotopic (exact) mass is 333 g/mol. The van der Waals surface area contributed by atoms with E-state index in [0.717, 1.165) is 0 Å². The number of nitrogens with zero attached hydrogens (tertiary/aromatic N) is 4. The molecule has 11 heteroatoms. The largest absolute Gasteiger partial charge is 0.340 e. The van der Waals surface area contributed by atoms with Crippen molar-refractivity contribution in [3.05, 3.63) is 28.9 Å². The summed E-state index contributed by atoms with van der Waals surface area (Å²) in [6.07, 6.45) is 3.15. The van der Waals surface area contributed by atoms with Crippen LogP contribution in [0.2, 0.25) is 5.15 Å². The van der Waals surface area contributed by atoms with Crippen LogP contribution in [0.25, 0.3) is 4.96 Å². The Hall–Kier alpha value is -1.49. The van der Waals surface area contributed by atoms with Gasteiger partial charge in [0, 0.05) is 24.5 Å². The highest BCUT2D eigenvalue weighted by Crippen LogP contribution is 2.25. The van der Waals surface area contributed by atoms with Crippen LogP contribution in [-0.2, 0) is 16.4 Å². The molecule has 20 heavy (non-hydrogen) atoms. The van der Waals surface area contributed by atoms with Gasteiger partial charge < -0.3 is 4.52 Å². The minimum Gasteiger partial charge on any atom is -0.340 e. The molecular weight excluding hydrogens is 326 g/mol. The van der Waals surface area contributed by atoms with Crippen LogP contribution < -0.4 is 4.72 Å². The third-order valence-corrected chi connectivity index (χ3v) is 5.09. The molecule has 0 spiro atoms. The minimum absolute atomic E-state index is 0.0536. The summed E-state index contributed by atoms with van der Waals surface area (Å²) >= 11 is 7.19. The average Bonchev–Trinajstić information content (AvgIpc) is 3.04. The van der Waals surface area contributed by atoms with Gasteiger partial charge in [0.1, 0.15) is 0 Å². The van der Waals surface area contributed by atoms with Crippen LogP contribution in [0.5, 0.6) is 0 Å². The Balaban J connectivity index is 1.81. The number of sulfonamides is 1. The van der Waals surface area contributed by atoms with E-state index in [1.54, 1.807) is 11.6 Å². The Bertz CT molecular complexity index is 823. The number of hydrogen-bond donors (Lipinski definition) is 1. The fraction of sp³-hybridized carbons (Fsp3) is 0.222. The third-order valence-electron chi connectivity index (χ3n) is 2.47. The molecule has 0 aliphatic rings. The number of fused-ring (bicyclic) bond motifs is 1. The molecule has 0 radical (unpaired) electrons. The second-order valence-electron chi connectivity index (χ2n) is 3.75. The molecule has 3 aromatic heterocycles. The van der Waals surface area contributed by atoms with Crippen LogP contribution in [0.1, 0.15) is 5.89 Å². The van der Waals surface area contributed by atoms with Gasteiger partial charge in [0.2, 0.25) is 5.89 Å². The Kier molecular flexibility index (Phi) is 3.46. The van der Waals surface area contributed by atoms with E-state index in [1.807, 2.05) is 0 Å². The topological polar surface area (TPSA) is 102 Å². The van der Waals surface area contributed by atoms with Crippen LogP contribution in [0.4, 0.5) is 0 Å². The van der Waals surface area contributed by atoms with Crippen molar-refractivity contribution in [2.24, 2.45) is 0 Å². The molecule has 8 nitrogen and oxygen atoms in total. The second kappa shape index (κ2) is 5.13. The molecule has 0 saturated heterocycles. The van der Waals surface area contributed by atoms with Crippen molar-refractivity contribution in [3.63, 3.8) is 0 Å². The lowest BCUT2D eigenvalue weighted by molar-refractivity contribution is 0.377. The lowest BCUT2D eigenvalue weighted by Crippen LogP contribution is -2.27. The van der Waals surface area contributed by atoms with Crippen LogP contribution >= 0.6 is 22.9 Å². The number of imidazole rings is 1. The quantitative estimate of drug-likeness (QED) is 0.745. The van der Waals surface area contributed by atoms with E-state index < -0.39 is 10.0 Å². The molecule has 0 saturated carbocycles. The molecule has 0 atom stereocenters. The lowest BCUT2D eigenvalue weighted by Gasteiger charge is -2.04. The zero-order valence-electron chi connectivity index (χ0n) is 9.85. The van der Waals surface area contributed by atoms with Crippen molar-refractivity contribution >= 4 is 37.9 Å². The second-order valence-corrected chi connectivity index (χ2v) is 6.66. The van der Waals surface area contributed by atoms with E-state index in [1.165, 1.54) is 22.1 Å². The highest BCUT2D eigenvalue weighted by molar-refractivity contribution is 7.89. The summed E-state index contributed by atoms with van der Waals surface area (Å²) in [6.45, 7) is 0.123. The van der Waals surface area contributed by atoms with Crippen molar-refractivity contribution in [3.8, 4) is 0 Å². The average molecular weight is 334 g/mol. The number of halogens is 1. The molecule has 0 unspecified atom stereocenters. The maximum atomic E-state index is 12.2. The molecule has 0 aliphatic carbocycles. The Labute approximate surface area is 122 Å². The first kappa shape index (κ1) is 13.5. The van der Waals surface area contributed by atoms with Gasteiger partial charge >= 0.3 is 0 Å². The molecule has 3 rings (SSSR count). The van der Waals surface area contributed by atoms with Crippen LogP contribution in [0, 0.1) is 0 Å². The summed E-state index contributed by atoms with van der Waals surface area (Å²) < 4.78 is 33.1. The SMILES string of the molecule is O=S(=O)(NCCc1ncno1)c1c(Cl)nc2sccn12. The van der Waals surface area contributed by atoms with Gasteiger partial charge in [-0.3, -0.25) is 4.40 Å². The van der Waals surface area contributed by atoms with Crippen LogP contribution in [-0.4, -0.2) is 34.5 Å². The van der Waals surface area contributed by atoms with Crippen molar-refractivity contribution in [2.75, 3.05) is 6.54 Å².